The van der Waals surface area contributed by atoms with Gasteiger partial charge in [0.2, 0.25) is 0 Å². The van der Waals surface area contributed by atoms with Crippen LogP contribution in [0.1, 0.15) is 12.7 Å². The molecule has 0 atom stereocenters. The first-order valence-corrected chi connectivity index (χ1v) is 7.58. The van der Waals surface area contributed by atoms with Crippen LogP contribution in [0.4, 0.5) is 5.69 Å². The zero-order valence-electron chi connectivity index (χ0n) is 12.5. The molecule has 1 aromatic heterocycles. The van der Waals surface area contributed by atoms with Gasteiger partial charge in [0, 0.05) is 28.2 Å². The number of non-ortho nitro benzene ring substituents is 1. The molecule has 1 heterocycles. The summed E-state index contributed by atoms with van der Waals surface area (Å²) in [5.74, 6) is -0.00139. The van der Waals surface area contributed by atoms with Crippen molar-refractivity contribution in [1.82, 2.24) is 0 Å². The summed E-state index contributed by atoms with van der Waals surface area (Å²) in [5.41, 5.74) is 0.377. The Bertz CT molecular complexity index is 864. The van der Waals surface area contributed by atoms with Crippen LogP contribution in [-0.4, -0.2) is 17.5 Å². The number of carbonyl (C=O) groups is 1. The van der Waals surface area contributed by atoms with Crippen LogP contribution < -0.4 is 0 Å². The normalized spacial score (nSPS) is 11.0. The van der Waals surface area contributed by atoms with Crippen LogP contribution in [0.2, 0.25) is 0 Å². The molecule has 0 fully saturated rings. The van der Waals surface area contributed by atoms with Crippen LogP contribution in [0.5, 0.6) is 0 Å². The highest BCUT2D eigenvalue weighted by Gasteiger charge is 2.14. The van der Waals surface area contributed by atoms with E-state index in [2.05, 4.69) is 15.9 Å². The Hall–Kier alpha value is -2.92. The predicted molar refractivity (Wildman–Crippen MR) is 88.7 cm³/mol. The van der Waals surface area contributed by atoms with Crippen LogP contribution in [-0.2, 0) is 9.53 Å². The molecule has 0 amide bonds. The quantitative estimate of drug-likeness (QED) is 0.250. The molecule has 2 aromatic rings. The predicted octanol–water partition coefficient (Wildman–Crippen LogP) is 4.09. The molecule has 0 saturated carbocycles. The van der Waals surface area contributed by atoms with Gasteiger partial charge in [-0.15, -0.1) is 0 Å². The molecule has 0 aliphatic carbocycles. The molecule has 0 unspecified atom stereocenters. The first-order valence-electron chi connectivity index (χ1n) is 6.79. The Labute approximate surface area is 145 Å². The number of carbonyl (C=O) groups excluding carboxylic acids is 1. The second kappa shape index (κ2) is 7.57. The molecule has 8 heteroatoms. The number of ether oxygens (including phenoxy) is 1. The van der Waals surface area contributed by atoms with E-state index in [0.29, 0.717) is 21.6 Å². The molecule has 1 aromatic carbocycles. The number of nitrogens with zero attached hydrogens (tertiary/aromatic N) is 2. The Morgan fingerprint density at radius 2 is 2.21 bits per heavy atom. The molecule has 24 heavy (non-hydrogen) atoms. The topological polar surface area (TPSA) is 106 Å². The van der Waals surface area contributed by atoms with Gasteiger partial charge in [-0.05, 0) is 41.1 Å². The van der Waals surface area contributed by atoms with Crippen LogP contribution in [0.15, 0.2) is 44.8 Å². The maximum absolute atomic E-state index is 11.6. The Morgan fingerprint density at radius 3 is 2.79 bits per heavy atom. The van der Waals surface area contributed by atoms with E-state index in [-0.39, 0.29) is 17.9 Å². The van der Waals surface area contributed by atoms with E-state index in [1.165, 1.54) is 18.2 Å². The summed E-state index contributed by atoms with van der Waals surface area (Å²) in [4.78, 5) is 21.8. The molecule has 0 spiro atoms. The standard InChI is InChI=1S/C16H11BrN2O5/c1-2-23-16(20)10(9-18)7-12-4-6-15(24-12)13-5-3-11(19(21)22)8-14(13)17/h3-8H,2H2,1H3/b10-7+. The summed E-state index contributed by atoms with van der Waals surface area (Å²) < 4.78 is 10.8. The van der Waals surface area contributed by atoms with Gasteiger partial charge >= 0.3 is 5.97 Å². The summed E-state index contributed by atoms with van der Waals surface area (Å²) in [6.45, 7) is 1.81. The Kier molecular flexibility index (Phi) is 5.50. The van der Waals surface area contributed by atoms with Crippen molar-refractivity contribution in [2.75, 3.05) is 6.61 Å². The maximum atomic E-state index is 11.6. The van der Waals surface area contributed by atoms with Gasteiger partial charge < -0.3 is 9.15 Å². The van der Waals surface area contributed by atoms with Crippen molar-refractivity contribution < 1.29 is 18.9 Å². The largest absolute Gasteiger partial charge is 0.462 e. The fraction of sp³-hybridized carbons (Fsp3) is 0.125. The van der Waals surface area contributed by atoms with Crippen LogP contribution in [0.3, 0.4) is 0 Å². The van der Waals surface area contributed by atoms with Gasteiger partial charge in [-0.3, -0.25) is 10.1 Å². The lowest BCUT2D eigenvalue weighted by Gasteiger charge is -2.01. The van der Waals surface area contributed by atoms with E-state index in [1.807, 2.05) is 0 Å². The third-order valence-electron chi connectivity index (χ3n) is 2.96. The number of benzene rings is 1. The summed E-state index contributed by atoms with van der Waals surface area (Å²) >= 11 is 3.26. The molecule has 0 aliphatic rings. The average Bonchev–Trinajstić information content (AvgIpc) is 3.00. The van der Waals surface area contributed by atoms with Crippen molar-refractivity contribution in [2.45, 2.75) is 6.92 Å². The first kappa shape index (κ1) is 17.4. The molecule has 7 nitrogen and oxygen atoms in total. The first-order chi connectivity index (χ1) is 11.5. The molecular formula is C16H11BrN2O5. The fourth-order valence-electron chi connectivity index (χ4n) is 1.88. The van der Waals surface area contributed by atoms with Crippen LogP contribution >= 0.6 is 15.9 Å². The van der Waals surface area contributed by atoms with Crippen LogP contribution in [0.25, 0.3) is 17.4 Å². The van der Waals surface area contributed by atoms with E-state index in [1.54, 1.807) is 31.2 Å². The Balaban J connectivity index is 2.33. The second-order valence-corrected chi connectivity index (χ2v) is 5.37. The fourth-order valence-corrected chi connectivity index (χ4v) is 2.44. The zero-order chi connectivity index (χ0) is 17.7. The van der Waals surface area contributed by atoms with Gasteiger partial charge in [0.25, 0.3) is 5.69 Å². The number of halogens is 1. The highest BCUT2D eigenvalue weighted by molar-refractivity contribution is 9.10. The molecule has 122 valence electrons. The van der Waals surface area contributed by atoms with E-state index in [4.69, 9.17) is 14.4 Å². The summed E-state index contributed by atoms with van der Waals surface area (Å²) in [7, 11) is 0. The molecule has 2 rings (SSSR count). The van der Waals surface area contributed by atoms with Gasteiger partial charge in [0.15, 0.2) is 0 Å². The highest BCUT2D eigenvalue weighted by atomic mass is 79.9. The monoisotopic (exact) mass is 390 g/mol. The molecule has 0 bridgehead atoms. The number of furan rings is 1. The van der Waals surface area contributed by atoms with Gasteiger partial charge in [-0.25, -0.2) is 4.79 Å². The number of nitro benzene ring substituents is 1. The van der Waals surface area contributed by atoms with Gasteiger partial charge in [-0.1, -0.05) is 0 Å². The van der Waals surface area contributed by atoms with Crippen molar-refractivity contribution >= 4 is 33.7 Å². The SMILES string of the molecule is CCOC(=O)/C(C#N)=C/c1ccc(-c2ccc([N+](=O)[O-])cc2Br)o1. The smallest absolute Gasteiger partial charge is 0.349 e. The molecule has 0 aliphatic heterocycles. The highest BCUT2D eigenvalue weighted by Crippen LogP contribution is 2.32. The number of esters is 1. The van der Waals surface area contributed by atoms with Gasteiger partial charge in [0.1, 0.15) is 23.2 Å². The summed E-state index contributed by atoms with van der Waals surface area (Å²) in [6, 6.07) is 9.25. The minimum atomic E-state index is -0.727. The number of nitro groups is 1. The van der Waals surface area contributed by atoms with Crippen molar-refractivity contribution in [3.8, 4) is 17.4 Å². The van der Waals surface area contributed by atoms with E-state index >= 15 is 0 Å². The van der Waals surface area contributed by atoms with E-state index in [0.717, 1.165) is 0 Å². The van der Waals surface area contributed by atoms with Crippen molar-refractivity contribution in [2.24, 2.45) is 0 Å². The maximum Gasteiger partial charge on any atom is 0.349 e. The summed E-state index contributed by atoms with van der Waals surface area (Å²) in [6.07, 6.45) is 1.28. The van der Waals surface area contributed by atoms with Crippen molar-refractivity contribution in [3.05, 3.63) is 56.3 Å². The van der Waals surface area contributed by atoms with E-state index < -0.39 is 10.9 Å². The van der Waals surface area contributed by atoms with Gasteiger partial charge in [-0.2, -0.15) is 5.26 Å². The minimum absolute atomic E-state index is 0.0496. The van der Waals surface area contributed by atoms with Gasteiger partial charge in [0.05, 0.1) is 11.5 Å². The summed E-state index contributed by atoms with van der Waals surface area (Å²) in [5, 5.41) is 19.8. The molecule has 0 N–H and O–H groups in total. The molecular weight excluding hydrogens is 380 g/mol. The molecule has 0 saturated heterocycles. The lowest BCUT2D eigenvalue weighted by Crippen LogP contribution is -2.05. The second-order valence-electron chi connectivity index (χ2n) is 4.51. The average molecular weight is 391 g/mol. The lowest BCUT2D eigenvalue weighted by atomic mass is 10.1. The number of hydrogen-bond donors (Lipinski definition) is 0. The van der Waals surface area contributed by atoms with Crippen molar-refractivity contribution in [1.29, 1.82) is 5.26 Å². The van der Waals surface area contributed by atoms with Crippen LogP contribution in [0, 0.1) is 21.4 Å². The lowest BCUT2D eigenvalue weighted by molar-refractivity contribution is -0.384. The molecule has 0 radical (unpaired) electrons. The number of hydrogen-bond acceptors (Lipinski definition) is 6. The number of nitriles is 1. The third-order valence-corrected chi connectivity index (χ3v) is 3.61. The Morgan fingerprint density at radius 1 is 1.46 bits per heavy atom. The van der Waals surface area contributed by atoms with E-state index in [9.17, 15) is 14.9 Å². The van der Waals surface area contributed by atoms with Crippen molar-refractivity contribution in [3.63, 3.8) is 0 Å². The zero-order valence-corrected chi connectivity index (χ0v) is 14.1. The third kappa shape index (κ3) is 3.88. The minimum Gasteiger partial charge on any atom is -0.462 e. The number of rotatable bonds is 5.